The van der Waals surface area contributed by atoms with Crippen LogP contribution in [0, 0.1) is 13.8 Å². The van der Waals surface area contributed by atoms with Crippen molar-refractivity contribution in [2.24, 2.45) is 0 Å². The summed E-state index contributed by atoms with van der Waals surface area (Å²) in [6.45, 7) is 4.86. The number of nitrogens with zero attached hydrogens (tertiary/aromatic N) is 2. The molecular weight excluding hydrogens is 256 g/mol. The van der Waals surface area contributed by atoms with Crippen molar-refractivity contribution in [2.45, 2.75) is 26.8 Å². The highest BCUT2D eigenvalue weighted by Crippen LogP contribution is 2.17. The number of carboxylic acids is 1. The van der Waals surface area contributed by atoms with Crippen molar-refractivity contribution in [3.8, 4) is 0 Å². The number of anilines is 1. The number of rotatable bonds is 6. The van der Waals surface area contributed by atoms with Gasteiger partial charge in [0.05, 0.1) is 6.42 Å². The van der Waals surface area contributed by atoms with E-state index in [2.05, 4.69) is 5.16 Å². The molecule has 0 atom stereocenters. The lowest BCUT2D eigenvalue weighted by Crippen LogP contribution is -2.26. The summed E-state index contributed by atoms with van der Waals surface area (Å²) in [4.78, 5) is 12.7. The molecule has 0 unspecified atom stereocenters. The van der Waals surface area contributed by atoms with Gasteiger partial charge in [-0.3, -0.25) is 4.79 Å². The molecule has 2 aromatic rings. The molecule has 0 bridgehead atoms. The van der Waals surface area contributed by atoms with E-state index in [1.165, 1.54) is 5.56 Å². The van der Waals surface area contributed by atoms with Gasteiger partial charge in [-0.1, -0.05) is 35.0 Å². The van der Waals surface area contributed by atoms with Crippen LogP contribution in [0.1, 0.15) is 23.3 Å². The molecule has 1 N–H and O–H groups in total. The fourth-order valence-electron chi connectivity index (χ4n) is 1.92. The zero-order chi connectivity index (χ0) is 14.5. The lowest BCUT2D eigenvalue weighted by molar-refractivity contribution is -0.136. The number of aryl methyl sites for hydroxylation is 2. The first-order chi connectivity index (χ1) is 9.54. The number of hydrogen-bond donors (Lipinski definition) is 1. The van der Waals surface area contributed by atoms with Gasteiger partial charge in [0.25, 0.3) is 0 Å². The normalized spacial score (nSPS) is 10.5. The van der Waals surface area contributed by atoms with Gasteiger partial charge >= 0.3 is 5.97 Å². The van der Waals surface area contributed by atoms with E-state index in [1.54, 1.807) is 0 Å². The molecule has 0 spiro atoms. The summed E-state index contributed by atoms with van der Waals surface area (Å²) in [7, 11) is 0. The molecule has 0 aliphatic carbocycles. The molecule has 0 radical (unpaired) electrons. The summed E-state index contributed by atoms with van der Waals surface area (Å²) >= 11 is 0. The number of carbonyl (C=O) groups is 1. The van der Waals surface area contributed by atoms with Gasteiger partial charge in [-0.2, -0.15) is 0 Å². The number of hydrogen-bond acceptors (Lipinski definition) is 4. The van der Waals surface area contributed by atoms with Crippen LogP contribution in [0.25, 0.3) is 0 Å². The maximum Gasteiger partial charge on any atom is 0.305 e. The topological polar surface area (TPSA) is 66.6 Å². The van der Waals surface area contributed by atoms with Crippen LogP contribution in [-0.4, -0.2) is 22.8 Å². The molecule has 0 amide bonds. The molecule has 0 aliphatic rings. The molecule has 0 saturated heterocycles. The summed E-state index contributed by atoms with van der Waals surface area (Å²) in [6, 6.07) is 9.97. The average Bonchev–Trinajstić information content (AvgIpc) is 2.83. The molecule has 0 saturated carbocycles. The molecule has 20 heavy (non-hydrogen) atoms. The van der Waals surface area contributed by atoms with Gasteiger partial charge < -0.3 is 14.5 Å². The summed E-state index contributed by atoms with van der Waals surface area (Å²) in [5, 5.41) is 12.8. The van der Waals surface area contributed by atoms with Crippen LogP contribution < -0.4 is 4.90 Å². The molecule has 5 nitrogen and oxygen atoms in total. The Balaban J connectivity index is 2.13. The SMILES string of the molecule is Cc1ccc(CN(CCC(=O)O)c2cc(C)on2)cc1. The van der Waals surface area contributed by atoms with Crippen LogP contribution in [0.5, 0.6) is 0 Å². The number of carboxylic acid groups (broad SMARTS) is 1. The van der Waals surface area contributed by atoms with Crippen LogP contribution in [0.2, 0.25) is 0 Å². The number of aromatic nitrogens is 1. The van der Waals surface area contributed by atoms with Gasteiger partial charge in [0.2, 0.25) is 0 Å². The fraction of sp³-hybridized carbons (Fsp3) is 0.333. The van der Waals surface area contributed by atoms with Crippen LogP contribution >= 0.6 is 0 Å². The smallest absolute Gasteiger partial charge is 0.305 e. The van der Waals surface area contributed by atoms with Gasteiger partial charge in [-0.25, -0.2) is 0 Å². The largest absolute Gasteiger partial charge is 0.481 e. The summed E-state index contributed by atoms with van der Waals surface area (Å²) in [5.41, 5.74) is 2.31. The van der Waals surface area contributed by atoms with Crippen molar-refractivity contribution in [2.75, 3.05) is 11.4 Å². The van der Waals surface area contributed by atoms with Crippen LogP contribution in [-0.2, 0) is 11.3 Å². The Morgan fingerprint density at radius 3 is 2.55 bits per heavy atom. The Labute approximate surface area is 117 Å². The van der Waals surface area contributed by atoms with Crippen molar-refractivity contribution in [1.82, 2.24) is 5.16 Å². The van der Waals surface area contributed by atoms with Gasteiger partial charge in [0, 0.05) is 19.2 Å². The highest BCUT2D eigenvalue weighted by atomic mass is 16.5. The lowest BCUT2D eigenvalue weighted by atomic mass is 10.1. The maximum atomic E-state index is 10.8. The second-order valence-electron chi connectivity index (χ2n) is 4.85. The van der Waals surface area contributed by atoms with E-state index in [0.29, 0.717) is 24.7 Å². The first kappa shape index (κ1) is 14.1. The van der Waals surface area contributed by atoms with E-state index >= 15 is 0 Å². The van der Waals surface area contributed by atoms with Crippen molar-refractivity contribution < 1.29 is 14.4 Å². The summed E-state index contributed by atoms with van der Waals surface area (Å²) in [5.74, 6) is 0.563. The molecule has 106 valence electrons. The van der Waals surface area contributed by atoms with Gasteiger partial charge in [0.1, 0.15) is 5.76 Å². The van der Waals surface area contributed by atoms with E-state index in [-0.39, 0.29) is 6.42 Å². The quantitative estimate of drug-likeness (QED) is 0.877. The predicted octanol–water partition coefficient (Wildman–Crippen LogP) is 2.77. The second kappa shape index (κ2) is 6.23. The van der Waals surface area contributed by atoms with Gasteiger partial charge in [0.15, 0.2) is 5.82 Å². The predicted molar refractivity (Wildman–Crippen MR) is 75.7 cm³/mol. The van der Waals surface area contributed by atoms with Crippen molar-refractivity contribution in [1.29, 1.82) is 0 Å². The van der Waals surface area contributed by atoms with Crippen molar-refractivity contribution in [3.63, 3.8) is 0 Å². The van der Waals surface area contributed by atoms with Gasteiger partial charge in [-0.15, -0.1) is 0 Å². The van der Waals surface area contributed by atoms with E-state index in [1.807, 2.05) is 49.1 Å². The Bertz CT molecular complexity index is 575. The zero-order valence-electron chi connectivity index (χ0n) is 11.7. The molecule has 1 aromatic heterocycles. The highest BCUT2D eigenvalue weighted by molar-refractivity contribution is 5.67. The van der Waals surface area contributed by atoms with E-state index < -0.39 is 5.97 Å². The third kappa shape index (κ3) is 3.85. The highest BCUT2D eigenvalue weighted by Gasteiger charge is 2.13. The average molecular weight is 274 g/mol. The Morgan fingerprint density at radius 2 is 2.00 bits per heavy atom. The first-order valence-corrected chi connectivity index (χ1v) is 6.50. The molecule has 0 fully saturated rings. The van der Waals surface area contributed by atoms with Gasteiger partial charge in [-0.05, 0) is 19.4 Å². The maximum absolute atomic E-state index is 10.8. The third-order valence-electron chi connectivity index (χ3n) is 3.03. The first-order valence-electron chi connectivity index (χ1n) is 6.50. The molecule has 5 heteroatoms. The molecule has 1 aromatic carbocycles. The van der Waals surface area contributed by atoms with Crippen LogP contribution in [0.3, 0.4) is 0 Å². The van der Waals surface area contributed by atoms with Crippen molar-refractivity contribution >= 4 is 11.8 Å². The minimum Gasteiger partial charge on any atom is -0.481 e. The van der Waals surface area contributed by atoms with E-state index in [9.17, 15) is 4.79 Å². The van der Waals surface area contributed by atoms with Crippen LogP contribution in [0.15, 0.2) is 34.9 Å². The van der Waals surface area contributed by atoms with Crippen LogP contribution in [0.4, 0.5) is 5.82 Å². The minimum atomic E-state index is -0.820. The van der Waals surface area contributed by atoms with Crippen molar-refractivity contribution in [3.05, 3.63) is 47.2 Å². The minimum absolute atomic E-state index is 0.0672. The summed E-state index contributed by atoms with van der Waals surface area (Å²) in [6.07, 6.45) is 0.0672. The van der Waals surface area contributed by atoms with E-state index in [0.717, 1.165) is 5.56 Å². The standard InChI is InChI=1S/C15H18N2O3/c1-11-3-5-13(6-4-11)10-17(8-7-15(18)19)14-9-12(2)20-16-14/h3-6,9H,7-8,10H2,1-2H3,(H,18,19). The zero-order valence-corrected chi connectivity index (χ0v) is 11.7. The van der Waals surface area contributed by atoms with E-state index in [4.69, 9.17) is 9.63 Å². The monoisotopic (exact) mass is 274 g/mol. The number of aliphatic carboxylic acids is 1. The Kier molecular flexibility index (Phi) is 4.40. The number of benzene rings is 1. The lowest BCUT2D eigenvalue weighted by Gasteiger charge is -2.21. The Hall–Kier alpha value is -2.30. The molecular formula is C15H18N2O3. The molecule has 2 rings (SSSR count). The molecule has 0 aliphatic heterocycles. The third-order valence-corrected chi connectivity index (χ3v) is 3.03. The Morgan fingerprint density at radius 1 is 1.30 bits per heavy atom. The second-order valence-corrected chi connectivity index (χ2v) is 4.85. The summed E-state index contributed by atoms with van der Waals surface area (Å²) < 4.78 is 5.07. The molecule has 1 heterocycles. The fourth-order valence-corrected chi connectivity index (χ4v) is 1.92.